The van der Waals surface area contributed by atoms with Gasteiger partial charge in [-0.25, -0.2) is 0 Å². The molecule has 1 N–H and O–H groups in total. The molecule has 0 radical (unpaired) electrons. The first-order valence-corrected chi connectivity index (χ1v) is 6.01. The van der Waals surface area contributed by atoms with E-state index in [4.69, 9.17) is 9.47 Å². The number of nitrogens with one attached hydrogen (secondary N) is 1. The molecule has 0 spiro atoms. The molecular formula is C12H29NO2. The first-order valence-electron chi connectivity index (χ1n) is 6.01. The largest absolute Gasteiger partial charge is 0.379 e. The van der Waals surface area contributed by atoms with Crippen LogP contribution in [-0.2, 0) is 9.47 Å². The molecule has 0 bridgehead atoms. The van der Waals surface area contributed by atoms with Crippen LogP contribution in [0.2, 0.25) is 0 Å². The van der Waals surface area contributed by atoms with Crippen molar-refractivity contribution in [2.45, 2.75) is 40.2 Å². The molecule has 0 aromatic heterocycles. The molecule has 0 rings (SSSR count). The summed E-state index contributed by atoms with van der Waals surface area (Å²) in [5, 5.41) is 3.30. The summed E-state index contributed by atoms with van der Waals surface area (Å²) in [5.41, 5.74) is 0. The SMILES string of the molecule is CC(C)CCOCCOCCNC(C)C.[HH]. The lowest BCUT2D eigenvalue weighted by atomic mass is 10.1. The van der Waals surface area contributed by atoms with E-state index in [1.165, 1.54) is 0 Å². The predicted molar refractivity (Wildman–Crippen MR) is 66.3 cm³/mol. The maximum absolute atomic E-state index is 5.43. The van der Waals surface area contributed by atoms with Crippen LogP contribution < -0.4 is 5.32 Å². The van der Waals surface area contributed by atoms with Crippen molar-refractivity contribution in [3.05, 3.63) is 0 Å². The van der Waals surface area contributed by atoms with Crippen molar-refractivity contribution in [3.8, 4) is 0 Å². The van der Waals surface area contributed by atoms with Crippen LogP contribution >= 0.6 is 0 Å². The Morgan fingerprint density at radius 2 is 1.53 bits per heavy atom. The van der Waals surface area contributed by atoms with E-state index in [0.717, 1.165) is 32.1 Å². The van der Waals surface area contributed by atoms with E-state index in [0.29, 0.717) is 19.3 Å². The monoisotopic (exact) mass is 219 g/mol. The van der Waals surface area contributed by atoms with E-state index < -0.39 is 0 Å². The van der Waals surface area contributed by atoms with Gasteiger partial charge in [0.2, 0.25) is 0 Å². The van der Waals surface area contributed by atoms with Gasteiger partial charge >= 0.3 is 0 Å². The van der Waals surface area contributed by atoms with Crippen LogP contribution in [0, 0.1) is 5.92 Å². The van der Waals surface area contributed by atoms with Crippen LogP contribution in [0.1, 0.15) is 35.5 Å². The summed E-state index contributed by atoms with van der Waals surface area (Å²) in [7, 11) is 0. The molecule has 0 aromatic carbocycles. The molecule has 94 valence electrons. The van der Waals surface area contributed by atoms with Gasteiger partial charge in [0.15, 0.2) is 0 Å². The van der Waals surface area contributed by atoms with Crippen LogP contribution in [0.4, 0.5) is 0 Å². The van der Waals surface area contributed by atoms with E-state index >= 15 is 0 Å². The lowest BCUT2D eigenvalue weighted by Gasteiger charge is -2.09. The zero-order chi connectivity index (χ0) is 11.5. The fraction of sp³-hybridized carbons (Fsp3) is 1.00. The lowest BCUT2D eigenvalue weighted by Crippen LogP contribution is -2.27. The van der Waals surface area contributed by atoms with Crippen LogP contribution in [-0.4, -0.2) is 39.0 Å². The maximum atomic E-state index is 5.43. The van der Waals surface area contributed by atoms with E-state index in [1.54, 1.807) is 0 Å². The van der Waals surface area contributed by atoms with Gasteiger partial charge in [-0.15, -0.1) is 0 Å². The summed E-state index contributed by atoms with van der Waals surface area (Å²) in [6, 6.07) is 0.538. The summed E-state index contributed by atoms with van der Waals surface area (Å²) < 4.78 is 10.8. The Labute approximate surface area is 96.0 Å². The van der Waals surface area contributed by atoms with Crippen molar-refractivity contribution in [2.75, 3.05) is 33.0 Å². The number of ether oxygens (including phenoxy) is 2. The van der Waals surface area contributed by atoms with Crippen molar-refractivity contribution >= 4 is 0 Å². The molecule has 0 amide bonds. The first-order chi connectivity index (χ1) is 7.13. The molecule has 0 atom stereocenters. The summed E-state index contributed by atoms with van der Waals surface area (Å²) in [6.07, 6.45) is 1.13. The predicted octanol–water partition coefficient (Wildman–Crippen LogP) is 2.31. The van der Waals surface area contributed by atoms with Crippen molar-refractivity contribution in [1.29, 1.82) is 0 Å². The molecule has 3 nitrogen and oxygen atoms in total. The normalized spacial score (nSPS) is 11.6. The van der Waals surface area contributed by atoms with Gasteiger partial charge in [-0.2, -0.15) is 0 Å². The van der Waals surface area contributed by atoms with E-state index in [2.05, 4.69) is 33.0 Å². The van der Waals surface area contributed by atoms with Crippen molar-refractivity contribution in [1.82, 2.24) is 5.32 Å². The molecule has 0 saturated carbocycles. The van der Waals surface area contributed by atoms with Gasteiger partial charge in [0, 0.05) is 20.6 Å². The molecular weight excluding hydrogens is 190 g/mol. The third kappa shape index (κ3) is 13.9. The zero-order valence-electron chi connectivity index (χ0n) is 10.7. The highest BCUT2D eigenvalue weighted by Gasteiger charge is 1.94. The Kier molecular flexibility index (Phi) is 10.3. The summed E-state index contributed by atoms with van der Waals surface area (Å²) in [5.74, 6) is 0.723. The molecule has 0 unspecified atom stereocenters. The molecule has 0 aliphatic carbocycles. The molecule has 0 aliphatic heterocycles. The summed E-state index contributed by atoms with van der Waals surface area (Å²) >= 11 is 0. The quantitative estimate of drug-likeness (QED) is 0.572. The second kappa shape index (κ2) is 10.4. The van der Waals surface area contributed by atoms with Crippen molar-refractivity contribution < 1.29 is 10.9 Å². The number of hydrogen-bond donors (Lipinski definition) is 1. The van der Waals surface area contributed by atoms with E-state index in [1.807, 2.05) is 0 Å². The summed E-state index contributed by atoms with van der Waals surface area (Å²) in [4.78, 5) is 0. The highest BCUT2D eigenvalue weighted by molar-refractivity contribution is 4.50. The van der Waals surface area contributed by atoms with Crippen LogP contribution in [0.25, 0.3) is 0 Å². The highest BCUT2D eigenvalue weighted by Crippen LogP contribution is 1.98. The van der Waals surface area contributed by atoms with Gasteiger partial charge in [-0.1, -0.05) is 27.7 Å². The van der Waals surface area contributed by atoms with Gasteiger partial charge in [0.1, 0.15) is 0 Å². The average molecular weight is 219 g/mol. The topological polar surface area (TPSA) is 30.5 Å². The molecule has 3 heteroatoms. The minimum Gasteiger partial charge on any atom is -0.379 e. The highest BCUT2D eigenvalue weighted by atomic mass is 16.5. The van der Waals surface area contributed by atoms with Crippen molar-refractivity contribution in [2.24, 2.45) is 5.92 Å². The second-order valence-corrected chi connectivity index (χ2v) is 4.52. The fourth-order valence-corrected chi connectivity index (χ4v) is 1.06. The Morgan fingerprint density at radius 1 is 0.933 bits per heavy atom. The Morgan fingerprint density at radius 3 is 2.07 bits per heavy atom. The smallest absolute Gasteiger partial charge is 0.0701 e. The zero-order valence-corrected chi connectivity index (χ0v) is 10.7. The Balaban J connectivity index is 0. The molecule has 15 heavy (non-hydrogen) atoms. The minimum absolute atomic E-state index is 0. The van der Waals surface area contributed by atoms with Gasteiger partial charge in [-0.3, -0.25) is 0 Å². The number of hydrogen-bond acceptors (Lipinski definition) is 3. The second-order valence-electron chi connectivity index (χ2n) is 4.52. The van der Waals surface area contributed by atoms with E-state index in [-0.39, 0.29) is 1.43 Å². The van der Waals surface area contributed by atoms with Crippen LogP contribution in [0.3, 0.4) is 0 Å². The van der Waals surface area contributed by atoms with Gasteiger partial charge in [0.25, 0.3) is 0 Å². The van der Waals surface area contributed by atoms with E-state index in [9.17, 15) is 0 Å². The van der Waals surface area contributed by atoms with Gasteiger partial charge in [0.05, 0.1) is 19.8 Å². The third-order valence-corrected chi connectivity index (χ3v) is 2.01. The average Bonchev–Trinajstić information content (AvgIpc) is 2.14. The van der Waals surface area contributed by atoms with Gasteiger partial charge < -0.3 is 14.8 Å². The fourth-order valence-electron chi connectivity index (χ4n) is 1.06. The first kappa shape index (κ1) is 14.9. The molecule has 0 heterocycles. The third-order valence-electron chi connectivity index (χ3n) is 2.01. The molecule has 0 aliphatic rings. The maximum Gasteiger partial charge on any atom is 0.0701 e. The Bertz CT molecular complexity index is 118. The number of rotatable bonds is 10. The standard InChI is InChI=1S/C12H27NO2.H2/c1-11(2)5-7-14-9-10-15-8-6-13-12(3)4;/h11-13H,5-10H2,1-4H3;1H. The Hall–Kier alpha value is -0.120. The molecule has 0 saturated heterocycles. The van der Waals surface area contributed by atoms with Crippen molar-refractivity contribution in [3.63, 3.8) is 0 Å². The lowest BCUT2D eigenvalue weighted by molar-refractivity contribution is 0.0447. The van der Waals surface area contributed by atoms with Crippen LogP contribution in [0.15, 0.2) is 0 Å². The van der Waals surface area contributed by atoms with Gasteiger partial charge in [-0.05, 0) is 12.3 Å². The summed E-state index contributed by atoms with van der Waals surface area (Å²) in [6.45, 7) is 12.6. The van der Waals surface area contributed by atoms with Crippen LogP contribution in [0.5, 0.6) is 0 Å². The molecule has 0 aromatic rings. The minimum atomic E-state index is 0. The molecule has 0 fully saturated rings.